The Bertz CT molecular complexity index is 1260. The summed E-state index contributed by atoms with van der Waals surface area (Å²) in [5, 5.41) is 19.1. The summed E-state index contributed by atoms with van der Waals surface area (Å²) in [7, 11) is 1.60. The van der Waals surface area contributed by atoms with Crippen LogP contribution in [0.1, 0.15) is 16.1 Å². The molecule has 3 aromatic carbocycles. The Morgan fingerprint density at radius 1 is 1.06 bits per heavy atom. The summed E-state index contributed by atoms with van der Waals surface area (Å²) >= 11 is 13.6. The second-order valence-electron chi connectivity index (χ2n) is 6.80. The van der Waals surface area contributed by atoms with Crippen LogP contribution in [0, 0.1) is 0 Å². The summed E-state index contributed by atoms with van der Waals surface area (Å²) in [4.78, 5) is 12.5. The number of benzene rings is 3. The van der Waals surface area contributed by atoms with Gasteiger partial charge in [0, 0.05) is 20.5 Å². The van der Waals surface area contributed by atoms with Crippen molar-refractivity contribution in [3.05, 3.63) is 88.0 Å². The first-order chi connectivity index (χ1) is 15.4. The highest BCUT2D eigenvalue weighted by Crippen LogP contribution is 2.34. The van der Waals surface area contributed by atoms with Crippen LogP contribution in [0.3, 0.4) is 0 Å². The fourth-order valence-corrected chi connectivity index (χ4v) is 4.53. The van der Waals surface area contributed by atoms with Crippen molar-refractivity contribution in [1.29, 1.82) is 0 Å². The molecule has 1 N–H and O–H groups in total. The summed E-state index contributed by atoms with van der Waals surface area (Å²) in [6, 6.07) is 20.5. The maximum atomic E-state index is 11.7. The van der Waals surface area contributed by atoms with Crippen molar-refractivity contribution in [2.24, 2.45) is 0 Å². The average Bonchev–Trinajstić information content (AvgIpc) is 3.17. The van der Waals surface area contributed by atoms with Crippen LogP contribution in [-0.2, 0) is 6.54 Å². The second kappa shape index (κ2) is 9.65. The van der Waals surface area contributed by atoms with Gasteiger partial charge in [-0.15, -0.1) is 5.10 Å². The van der Waals surface area contributed by atoms with Gasteiger partial charge in [0.05, 0.1) is 13.7 Å². The van der Waals surface area contributed by atoms with Crippen molar-refractivity contribution in [3.63, 3.8) is 0 Å². The lowest BCUT2D eigenvalue weighted by atomic mass is 10.1. The average molecular weight is 486 g/mol. The number of ether oxygens (including phenoxy) is 1. The SMILES string of the molecule is COc1ccc(Cn2nnc(C(=O)O)c2Sc2ccc(-c3ccc(Cl)cc3Cl)cc2)cc1. The Balaban J connectivity index is 1.60. The minimum absolute atomic E-state index is 0.0895. The summed E-state index contributed by atoms with van der Waals surface area (Å²) < 4.78 is 6.76. The van der Waals surface area contributed by atoms with Crippen LogP contribution < -0.4 is 4.74 Å². The normalized spacial score (nSPS) is 10.8. The van der Waals surface area contributed by atoms with Crippen molar-refractivity contribution >= 4 is 40.9 Å². The van der Waals surface area contributed by atoms with E-state index in [0.29, 0.717) is 21.6 Å². The molecule has 0 aliphatic heterocycles. The molecule has 32 heavy (non-hydrogen) atoms. The number of hydrogen-bond donors (Lipinski definition) is 1. The molecular formula is C23H17Cl2N3O3S. The second-order valence-corrected chi connectivity index (χ2v) is 8.71. The molecule has 0 saturated carbocycles. The quantitative estimate of drug-likeness (QED) is 0.337. The molecule has 0 unspecified atom stereocenters. The number of hydrogen-bond acceptors (Lipinski definition) is 5. The topological polar surface area (TPSA) is 77.2 Å². The third kappa shape index (κ3) is 4.91. The summed E-state index contributed by atoms with van der Waals surface area (Å²) in [6.07, 6.45) is 0. The highest BCUT2D eigenvalue weighted by molar-refractivity contribution is 7.99. The minimum Gasteiger partial charge on any atom is -0.497 e. The molecule has 0 atom stereocenters. The van der Waals surface area contributed by atoms with Gasteiger partial charge in [-0.2, -0.15) is 0 Å². The largest absolute Gasteiger partial charge is 0.497 e. The summed E-state index contributed by atoms with van der Waals surface area (Å²) in [5.74, 6) is -0.382. The molecule has 0 spiro atoms. The van der Waals surface area contributed by atoms with Gasteiger partial charge in [-0.1, -0.05) is 70.5 Å². The van der Waals surface area contributed by atoms with E-state index in [2.05, 4.69) is 10.3 Å². The van der Waals surface area contributed by atoms with Gasteiger partial charge < -0.3 is 9.84 Å². The van der Waals surface area contributed by atoms with Crippen LogP contribution in [0.25, 0.3) is 11.1 Å². The van der Waals surface area contributed by atoms with Crippen LogP contribution in [0.15, 0.2) is 76.7 Å². The highest BCUT2D eigenvalue weighted by atomic mass is 35.5. The Kier molecular flexibility index (Phi) is 6.69. The molecule has 0 fully saturated rings. The molecule has 0 aliphatic carbocycles. The molecule has 9 heteroatoms. The van der Waals surface area contributed by atoms with Crippen molar-refractivity contribution in [2.45, 2.75) is 16.5 Å². The standard InChI is InChI=1S/C23H17Cl2N3O3S/c1-31-17-7-2-14(3-8-17)13-28-22(21(23(29)30)26-27-28)32-18-9-4-15(5-10-18)19-11-6-16(24)12-20(19)25/h2-12H,13H2,1H3,(H,29,30). The molecule has 0 bridgehead atoms. The van der Waals surface area contributed by atoms with Crippen LogP contribution in [-0.4, -0.2) is 33.2 Å². The van der Waals surface area contributed by atoms with Crippen LogP contribution in [0.4, 0.5) is 0 Å². The van der Waals surface area contributed by atoms with Gasteiger partial charge in [-0.3, -0.25) is 0 Å². The van der Waals surface area contributed by atoms with Crippen LogP contribution in [0.2, 0.25) is 10.0 Å². The first-order valence-electron chi connectivity index (χ1n) is 9.47. The van der Waals surface area contributed by atoms with E-state index < -0.39 is 5.97 Å². The number of nitrogens with zero attached hydrogens (tertiary/aromatic N) is 3. The molecule has 0 amide bonds. The third-order valence-electron chi connectivity index (χ3n) is 4.69. The fraction of sp³-hybridized carbons (Fsp3) is 0.0870. The predicted octanol–water partition coefficient (Wildman–Crippen LogP) is 6.16. The van der Waals surface area contributed by atoms with Crippen LogP contribution in [0.5, 0.6) is 5.75 Å². The molecule has 162 valence electrons. The van der Waals surface area contributed by atoms with E-state index in [0.717, 1.165) is 27.3 Å². The zero-order valence-electron chi connectivity index (χ0n) is 16.8. The van der Waals surface area contributed by atoms with Gasteiger partial charge in [0.2, 0.25) is 5.69 Å². The lowest BCUT2D eigenvalue weighted by Gasteiger charge is -2.09. The number of carbonyl (C=O) groups is 1. The maximum Gasteiger partial charge on any atom is 0.359 e. The Hall–Kier alpha value is -3.00. The van der Waals surface area contributed by atoms with E-state index in [1.54, 1.807) is 23.9 Å². The Morgan fingerprint density at radius 3 is 2.41 bits per heavy atom. The number of halogens is 2. The molecular weight excluding hydrogens is 469 g/mol. The molecule has 4 aromatic rings. The van der Waals surface area contributed by atoms with Crippen molar-refractivity contribution in [3.8, 4) is 16.9 Å². The van der Waals surface area contributed by atoms with E-state index in [1.807, 2.05) is 54.6 Å². The number of aromatic carboxylic acids is 1. The molecule has 1 aromatic heterocycles. The van der Waals surface area contributed by atoms with Crippen LogP contribution >= 0.6 is 35.0 Å². The van der Waals surface area contributed by atoms with E-state index in [1.165, 1.54) is 11.8 Å². The first-order valence-corrected chi connectivity index (χ1v) is 11.0. The molecule has 1 heterocycles. The lowest BCUT2D eigenvalue weighted by molar-refractivity contribution is 0.0686. The van der Waals surface area contributed by atoms with Gasteiger partial charge in [0.15, 0.2) is 0 Å². The molecule has 0 saturated heterocycles. The lowest BCUT2D eigenvalue weighted by Crippen LogP contribution is -2.05. The number of carboxylic acids is 1. The predicted molar refractivity (Wildman–Crippen MR) is 125 cm³/mol. The number of aromatic nitrogens is 3. The van der Waals surface area contributed by atoms with Gasteiger partial charge in [0.25, 0.3) is 0 Å². The zero-order chi connectivity index (χ0) is 22.7. The van der Waals surface area contributed by atoms with Crippen molar-refractivity contribution in [2.75, 3.05) is 7.11 Å². The number of carboxylic acid groups (broad SMARTS) is 1. The van der Waals surface area contributed by atoms with Crippen molar-refractivity contribution < 1.29 is 14.6 Å². The zero-order valence-corrected chi connectivity index (χ0v) is 19.2. The monoisotopic (exact) mass is 485 g/mol. The highest BCUT2D eigenvalue weighted by Gasteiger charge is 2.20. The Labute approximate surface area is 198 Å². The van der Waals surface area contributed by atoms with Gasteiger partial charge in [0.1, 0.15) is 10.8 Å². The van der Waals surface area contributed by atoms with E-state index in [-0.39, 0.29) is 5.69 Å². The van der Waals surface area contributed by atoms with Gasteiger partial charge in [-0.05, 0) is 47.5 Å². The fourth-order valence-electron chi connectivity index (χ4n) is 3.08. The van der Waals surface area contributed by atoms with E-state index >= 15 is 0 Å². The summed E-state index contributed by atoms with van der Waals surface area (Å²) in [5.41, 5.74) is 2.65. The first kappa shape index (κ1) is 22.2. The minimum atomic E-state index is -1.13. The number of methoxy groups -OCH3 is 1. The van der Waals surface area contributed by atoms with Crippen molar-refractivity contribution in [1.82, 2.24) is 15.0 Å². The Morgan fingerprint density at radius 2 is 1.78 bits per heavy atom. The van der Waals surface area contributed by atoms with Gasteiger partial charge >= 0.3 is 5.97 Å². The third-order valence-corrected chi connectivity index (χ3v) is 6.35. The molecule has 4 rings (SSSR count). The molecule has 0 radical (unpaired) electrons. The molecule has 6 nitrogen and oxygen atoms in total. The summed E-state index contributed by atoms with van der Waals surface area (Å²) in [6.45, 7) is 0.380. The maximum absolute atomic E-state index is 11.7. The van der Waals surface area contributed by atoms with E-state index in [9.17, 15) is 9.90 Å². The smallest absolute Gasteiger partial charge is 0.359 e. The molecule has 0 aliphatic rings. The van der Waals surface area contributed by atoms with Gasteiger partial charge in [-0.25, -0.2) is 9.48 Å². The van der Waals surface area contributed by atoms with E-state index in [4.69, 9.17) is 27.9 Å². The number of rotatable bonds is 7.